The summed E-state index contributed by atoms with van der Waals surface area (Å²) < 4.78 is 72.1. The second kappa shape index (κ2) is 10.6. The summed E-state index contributed by atoms with van der Waals surface area (Å²) in [5, 5.41) is 0. The molecule has 0 spiro atoms. The van der Waals surface area contributed by atoms with Gasteiger partial charge in [0.05, 0.1) is 0 Å². The molecular weight excluding hydrogens is 460 g/mol. The fourth-order valence-electron chi connectivity index (χ4n) is 2.40. The molecule has 0 aliphatic rings. The third-order valence-corrected chi connectivity index (χ3v) is 4.04. The van der Waals surface area contributed by atoms with Crippen molar-refractivity contribution < 1.29 is 70.9 Å². The monoisotopic (exact) mass is 474 g/mol. The minimum atomic E-state index is -2.21. The van der Waals surface area contributed by atoms with E-state index in [1.807, 2.05) is 26.8 Å². The first-order valence-corrected chi connectivity index (χ1v) is 8.23. The van der Waals surface area contributed by atoms with Crippen LogP contribution >= 0.6 is 0 Å². The van der Waals surface area contributed by atoms with Crippen molar-refractivity contribution in [3.63, 3.8) is 0 Å². The molecule has 0 unspecified atom stereocenters. The average Bonchev–Trinajstić information content (AvgIpc) is 2.60. The number of rotatable bonds is 4. The van der Waals surface area contributed by atoms with Crippen LogP contribution in [0.25, 0.3) is 0 Å². The zero-order valence-corrected chi connectivity index (χ0v) is 18.1. The Hall–Kier alpha value is -1.15. The van der Waals surface area contributed by atoms with E-state index in [0.29, 0.717) is 11.3 Å². The van der Waals surface area contributed by atoms with E-state index in [1.54, 1.807) is 12.1 Å². The molecule has 10 heteroatoms. The van der Waals surface area contributed by atoms with Crippen LogP contribution < -0.4 is 28.1 Å². The molecule has 2 aromatic rings. The first-order chi connectivity index (χ1) is 12.1. The standard InChI is InChI=1S/C18H16F5NO.2ClH.Ti/c1-18(2,3)10-6-4-5-9(17(10)25)7-8-24-16-14(22)12(20)11(19)13(21)15(16)23;;;/h4-6,8,25H,7H2,1-3H3;2*1H;/q;;;+3/p-3. The van der Waals surface area contributed by atoms with Gasteiger partial charge >= 0.3 is 160 Å². The van der Waals surface area contributed by atoms with Crippen molar-refractivity contribution in [1.29, 1.82) is 0 Å². The molecule has 0 aliphatic heterocycles. The van der Waals surface area contributed by atoms with Crippen LogP contribution in [-0.2, 0) is 32.7 Å². The van der Waals surface area contributed by atoms with E-state index < -0.39 is 34.8 Å². The van der Waals surface area contributed by atoms with E-state index in [2.05, 4.69) is 4.99 Å². The van der Waals surface area contributed by atoms with Crippen molar-refractivity contribution in [2.24, 2.45) is 4.99 Å². The zero-order valence-electron chi connectivity index (χ0n) is 15.0. The van der Waals surface area contributed by atoms with Crippen molar-refractivity contribution >= 4 is 11.9 Å². The van der Waals surface area contributed by atoms with Crippen LogP contribution in [0.3, 0.4) is 0 Å². The van der Waals surface area contributed by atoms with Crippen LogP contribution in [-0.4, -0.2) is 6.21 Å². The topological polar surface area (TPSA) is 21.6 Å². The number of hydrogen-bond donors (Lipinski definition) is 0. The summed E-state index contributed by atoms with van der Waals surface area (Å²) in [6.07, 6.45) is 1.18. The molecule has 0 N–H and O–H groups in total. The van der Waals surface area contributed by atoms with Crippen LogP contribution in [0.15, 0.2) is 23.2 Å². The summed E-state index contributed by atoms with van der Waals surface area (Å²) in [5.41, 5.74) is 0.168. The molecule has 2 aromatic carbocycles. The van der Waals surface area contributed by atoms with Gasteiger partial charge in [0.25, 0.3) is 0 Å². The van der Waals surface area contributed by atoms with Crippen LogP contribution in [0.4, 0.5) is 27.6 Å². The van der Waals surface area contributed by atoms with Crippen LogP contribution in [0.5, 0.6) is 5.75 Å². The Labute approximate surface area is 184 Å². The Morgan fingerprint density at radius 3 is 1.89 bits per heavy atom. The molecular formula is C18H15Cl2F5NOTi. The molecule has 151 valence electrons. The van der Waals surface area contributed by atoms with E-state index in [4.69, 9.17) is 3.32 Å². The van der Waals surface area contributed by atoms with Gasteiger partial charge in [-0.1, -0.05) is 0 Å². The first kappa shape index (κ1) is 26.9. The van der Waals surface area contributed by atoms with Crippen LogP contribution in [0.2, 0.25) is 0 Å². The molecule has 0 heterocycles. The molecule has 2 nitrogen and oxygen atoms in total. The van der Waals surface area contributed by atoms with Gasteiger partial charge < -0.3 is 24.8 Å². The molecule has 0 saturated heterocycles. The third-order valence-electron chi connectivity index (χ3n) is 3.72. The molecule has 2 rings (SSSR count). The van der Waals surface area contributed by atoms with Gasteiger partial charge in [-0.2, -0.15) is 0 Å². The summed E-state index contributed by atoms with van der Waals surface area (Å²) in [5.74, 6) is -9.60. The van der Waals surface area contributed by atoms with Gasteiger partial charge in [0.1, 0.15) is 0 Å². The number of benzene rings is 2. The number of hydrogen-bond acceptors (Lipinski definition) is 2. The van der Waals surface area contributed by atoms with Crippen LogP contribution in [0.1, 0.15) is 31.9 Å². The normalized spacial score (nSPS) is 11.2. The Kier molecular flexibility index (Phi) is 10.1. The first-order valence-electron chi connectivity index (χ1n) is 7.59. The smallest absolute Gasteiger partial charge is 1.00 e. The minimum Gasteiger partial charge on any atom is -1.00 e. The van der Waals surface area contributed by atoms with E-state index in [0.717, 1.165) is 11.8 Å². The molecule has 0 aliphatic carbocycles. The summed E-state index contributed by atoms with van der Waals surface area (Å²) in [6.45, 7) is 5.99. The molecule has 0 bridgehead atoms. The fraction of sp³-hybridized carbons (Fsp3) is 0.278. The van der Waals surface area contributed by atoms with Crippen molar-refractivity contribution in [3.05, 3.63) is 58.4 Å². The summed E-state index contributed by atoms with van der Waals surface area (Å²) in [4.78, 5) is 3.45. The molecule has 0 saturated carbocycles. The van der Waals surface area contributed by atoms with E-state index in [-0.39, 0.29) is 36.6 Å². The van der Waals surface area contributed by atoms with Crippen molar-refractivity contribution in [2.45, 2.75) is 32.6 Å². The van der Waals surface area contributed by atoms with Gasteiger partial charge in [-0.05, 0) is 0 Å². The van der Waals surface area contributed by atoms with Gasteiger partial charge in [0.2, 0.25) is 0 Å². The van der Waals surface area contributed by atoms with Gasteiger partial charge in [0, 0.05) is 0 Å². The van der Waals surface area contributed by atoms with Crippen molar-refractivity contribution in [2.75, 3.05) is 0 Å². The Morgan fingerprint density at radius 1 is 0.929 bits per heavy atom. The Balaban J connectivity index is 0.00000364. The maximum Gasteiger partial charge on any atom is -1.00 e. The summed E-state index contributed by atoms with van der Waals surface area (Å²) in [7, 11) is 0. The Morgan fingerprint density at radius 2 is 1.43 bits per heavy atom. The van der Waals surface area contributed by atoms with E-state index >= 15 is 0 Å². The molecule has 0 aromatic heterocycles. The van der Waals surface area contributed by atoms with Crippen molar-refractivity contribution in [1.82, 2.24) is 0 Å². The van der Waals surface area contributed by atoms with Crippen molar-refractivity contribution in [3.8, 4) is 5.75 Å². The fourth-order valence-corrected chi connectivity index (χ4v) is 2.78. The molecule has 0 atom stereocenters. The average molecular weight is 475 g/mol. The Bertz CT molecular complexity index is 843. The van der Waals surface area contributed by atoms with E-state index in [1.165, 1.54) is 20.8 Å². The number of nitrogens with zero attached hydrogens (tertiary/aromatic N) is 1. The van der Waals surface area contributed by atoms with Gasteiger partial charge in [-0.25, -0.2) is 0 Å². The molecule has 28 heavy (non-hydrogen) atoms. The SMILES string of the molecule is CC(C)(C)c1cccc(CC=Nc2c(F)c(F)c(F)c(F)c2F)c1[O][Ti+2].[Cl-].[Cl-]. The van der Waals surface area contributed by atoms with Gasteiger partial charge in [0.15, 0.2) is 0 Å². The maximum atomic E-state index is 13.6. The largest absolute Gasteiger partial charge is 1.00 e. The second-order valence-electron chi connectivity index (χ2n) is 6.58. The minimum absolute atomic E-state index is 0. The predicted molar refractivity (Wildman–Crippen MR) is 83.9 cm³/mol. The van der Waals surface area contributed by atoms with Gasteiger partial charge in [-0.15, -0.1) is 0 Å². The number of para-hydroxylation sites is 1. The van der Waals surface area contributed by atoms with Gasteiger partial charge in [-0.3, -0.25) is 0 Å². The quantitative estimate of drug-likeness (QED) is 0.192. The molecule has 0 fully saturated rings. The molecule has 0 amide bonds. The predicted octanol–water partition coefficient (Wildman–Crippen LogP) is -0.527. The third kappa shape index (κ3) is 5.47. The molecule has 0 radical (unpaired) electrons. The zero-order chi connectivity index (χ0) is 19.6. The number of aliphatic imine (C=N–C) groups is 1. The van der Waals surface area contributed by atoms with E-state index in [9.17, 15) is 22.0 Å². The summed E-state index contributed by atoms with van der Waals surface area (Å²) in [6, 6.07) is 5.42. The maximum absolute atomic E-state index is 13.6. The summed E-state index contributed by atoms with van der Waals surface area (Å²) >= 11 is 1.50. The number of halogens is 7. The second-order valence-corrected chi connectivity index (χ2v) is 6.90. The van der Waals surface area contributed by atoms with Crippen LogP contribution in [0, 0.1) is 29.1 Å².